The minimum absolute atomic E-state index is 0. The molecule has 0 aromatic heterocycles. The molecule has 0 aliphatic rings. The Morgan fingerprint density at radius 2 is 1.25 bits per heavy atom. The molecule has 0 heterocycles. The first-order valence-electron chi connectivity index (χ1n) is 0. The average molecular weight is 489 g/mol. The summed E-state index contributed by atoms with van der Waals surface area (Å²) >= 11 is 0. The van der Waals surface area contributed by atoms with Crippen LogP contribution in [0.5, 0.6) is 0 Å². The van der Waals surface area contributed by atoms with Crippen LogP contribution in [0.1, 0.15) is 2.85 Å². The summed E-state index contributed by atoms with van der Waals surface area (Å²) in [6.07, 6.45) is 0. The van der Waals surface area contributed by atoms with Gasteiger partial charge in [0.05, 0.1) is 0 Å². The summed E-state index contributed by atoms with van der Waals surface area (Å²) in [6, 6.07) is 0. The van der Waals surface area contributed by atoms with Crippen LogP contribution >= 0.6 is 0 Å². The molecule has 0 aromatic rings. The van der Waals surface area contributed by atoms with Crippen molar-refractivity contribution in [2.24, 2.45) is 0 Å². The summed E-state index contributed by atoms with van der Waals surface area (Å²) in [7, 11) is 0. The van der Waals surface area contributed by atoms with Gasteiger partial charge in [-0.1, -0.05) is 0 Å². The molecule has 0 aliphatic carbocycles. The monoisotopic (exact) mass is 489 g/mol. The van der Waals surface area contributed by atoms with Gasteiger partial charge in [0, 0.05) is 22.4 Å². The third kappa shape index (κ3) is 9.21. The molecule has 0 atom stereocenters. The van der Waals surface area contributed by atoms with Gasteiger partial charge in [0.1, 0.15) is 0 Å². The molecule has 0 nitrogen and oxygen atoms in total. The first kappa shape index (κ1) is 25.2. The number of hydrogen-bond acceptors (Lipinski definition) is 0. The Kier molecular flexibility index (Phi) is 100.0. The van der Waals surface area contributed by atoms with Gasteiger partial charge in [-0.2, -0.15) is 0 Å². The maximum Gasteiger partial charge on any atom is -1.00 e. The minimum Gasteiger partial charge on any atom is -1.00 e. The van der Waals surface area contributed by atoms with Gasteiger partial charge < -0.3 is 2.85 Å². The quantitative estimate of drug-likeness (QED) is 0.330. The van der Waals surface area contributed by atoms with Crippen LogP contribution in [-0.2, 0) is 22.4 Å². The molecule has 4 heavy (non-hydrogen) atoms. The van der Waals surface area contributed by atoms with E-state index < -0.39 is 0 Å². The maximum absolute atomic E-state index is 0. The number of rotatable bonds is 0. The molecule has 0 amide bonds. The van der Waals surface area contributed by atoms with Crippen molar-refractivity contribution in [3.05, 3.63) is 0 Å². The molecule has 0 rings (SSSR count). The van der Waals surface area contributed by atoms with Gasteiger partial charge >= 0.3 is 75.1 Å². The van der Waals surface area contributed by atoms with Gasteiger partial charge in [0.15, 0.2) is 17.4 Å². The molecule has 0 fully saturated rings. The Labute approximate surface area is 115 Å². The second kappa shape index (κ2) is 15.9. The normalized spacial score (nSPS) is 0. The van der Waals surface area contributed by atoms with Crippen molar-refractivity contribution in [2.75, 3.05) is 0 Å². The predicted octanol–water partition coefficient (Wildman–Crippen LogP) is -2.53. The van der Waals surface area contributed by atoms with Crippen LogP contribution < -0.4 is 0 Å². The fraction of sp³-hybridized carbons (Fsp3) is 0. The Hall–Kier alpha value is 3.73. The van der Waals surface area contributed by atoms with E-state index >= 15 is 0 Å². The van der Waals surface area contributed by atoms with Crippen molar-refractivity contribution < 1.29 is 25.2 Å². The summed E-state index contributed by atoms with van der Waals surface area (Å²) in [6.45, 7) is 0. The van der Waals surface area contributed by atoms with E-state index in [0.29, 0.717) is 0 Å². The molecule has 0 aliphatic heterocycles. The van der Waals surface area contributed by atoms with Gasteiger partial charge in [-0.3, -0.25) is 0 Å². The fourth-order valence-corrected chi connectivity index (χ4v) is 0. The van der Waals surface area contributed by atoms with Crippen LogP contribution in [0.4, 0.5) is 0 Å². The summed E-state index contributed by atoms with van der Waals surface area (Å²) in [4.78, 5) is 0. The first-order valence-corrected chi connectivity index (χ1v) is 0. The van der Waals surface area contributed by atoms with Crippen LogP contribution in [-0.4, -0.2) is 92.4 Å². The second-order valence-electron chi connectivity index (χ2n) is 0. The van der Waals surface area contributed by atoms with E-state index in [1.807, 2.05) is 0 Å². The van der Waals surface area contributed by atoms with Crippen LogP contribution in [0, 0.1) is 0 Å². The zero-order valence-electron chi connectivity index (χ0n) is 3.72. The summed E-state index contributed by atoms with van der Waals surface area (Å²) in [5.41, 5.74) is 0. The molecular formula is H8AgAlBaBi. The van der Waals surface area contributed by atoms with Crippen molar-refractivity contribution in [3.8, 4) is 0 Å². The molecular weight excluding hydrogens is 481 g/mol. The standard InChI is InChI=1S/Ag.Al.Ba.Bi.8H/q;;+2;;;;;;;;2*-1. The largest absolute Gasteiger partial charge is 1.00 e. The van der Waals surface area contributed by atoms with E-state index in [4.69, 9.17) is 0 Å². The average Bonchev–Trinajstić information content (AvgIpc) is 0. The molecule has 0 unspecified atom stereocenters. The zero-order chi connectivity index (χ0) is 0. The van der Waals surface area contributed by atoms with Crippen LogP contribution in [0.2, 0.25) is 0 Å². The second-order valence-corrected chi connectivity index (χ2v) is 0. The SMILES string of the molecule is [Ag].[AlH3].[Ba+2].[BiH3].[H-].[H-]. The van der Waals surface area contributed by atoms with E-state index in [1.165, 1.54) is 0 Å². The van der Waals surface area contributed by atoms with E-state index in [-0.39, 0.29) is 118 Å². The van der Waals surface area contributed by atoms with Gasteiger partial charge in [-0.15, -0.1) is 0 Å². The first-order chi connectivity index (χ1) is 0. The van der Waals surface area contributed by atoms with Crippen molar-refractivity contribution in [3.63, 3.8) is 0 Å². The topological polar surface area (TPSA) is 0 Å². The van der Waals surface area contributed by atoms with Crippen molar-refractivity contribution in [2.45, 2.75) is 0 Å². The molecule has 4 heteroatoms. The minimum atomic E-state index is 0. The van der Waals surface area contributed by atoms with Crippen LogP contribution in [0.25, 0.3) is 0 Å². The smallest absolute Gasteiger partial charge is 1.00 e. The van der Waals surface area contributed by atoms with E-state index in [2.05, 4.69) is 0 Å². The zero-order valence-corrected chi connectivity index (χ0v) is 13.1. The van der Waals surface area contributed by atoms with E-state index in [1.54, 1.807) is 0 Å². The van der Waals surface area contributed by atoms with Crippen LogP contribution in [0.15, 0.2) is 0 Å². The predicted molar refractivity (Wildman–Crippen MR) is 27.9 cm³/mol. The fourth-order valence-electron chi connectivity index (χ4n) is 0. The van der Waals surface area contributed by atoms with Crippen LogP contribution in [0.3, 0.4) is 0 Å². The maximum atomic E-state index is 0. The van der Waals surface area contributed by atoms with Gasteiger partial charge in [0.25, 0.3) is 0 Å². The van der Waals surface area contributed by atoms with E-state index in [0.717, 1.165) is 0 Å². The molecule has 29 valence electrons. The molecule has 1 radical (unpaired) electrons. The number of hydrogen-bond donors (Lipinski definition) is 0. The van der Waals surface area contributed by atoms with Crippen molar-refractivity contribution in [1.29, 1.82) is 0 Å². The van der Waals surface area contributed by atoms with Crippen molar-refractivity contribution >= 4 is 92.4 Å². The van der Waals surface area contributed by atoms with Gasteiger partial charge in [-0.05, 0) is 0 Å². The summed E-state index contributed by atoms with van der Waals surface area (Å²) < 4.78 is 0. The van der Waals surface area contributed by atoms with Gasteiger partial charge in [-0.25, -0.2) is 0 Å². The van der Waals surface area contributed by atoms with E-state index in [9.17, 15) is 0 Å². The molecule has 0 saturated carbocycles. The van der Waals surface area contributed by atoms with Crippen molar-refractivity contribution in [1.82, 2.24) is 0 Å². The Balaban J connectivity index is 0. The summed E-state index contributed by atoms with van der Waals surface area (Å²) in [5, 5.41) is 0. The summed E-state index contributed by atoms with van der Waals surface area (Å²) in [5.74, 6) is 0. The molecule has 0 aromatic carbocycles. The Morgan fingerprint density at radius 3 is 1.25 bits per heavy atom. The third-order valence-electron chi connectivity index (χ3n) is 0. The third-order valence-corrected chi connectivity index (χ3v) is 0. The molecule has 0 N–H and O–H groups in total. The molecule has 0 bridgehead atoms. The van der Waals surface area contributed by atoms with Gasteiger partial charge in [0.2, 0.25) is 0 Å². The Morgan fingerprint density at radius 1 is 1.25 bits per heavy atom. The molecule has 0 saturated heterocycles. The Bertz CT molecular complexity index is 13.5. The molecule has 0 spiro atoms.